The Bertz CT molecular complexity index is 1840. The fourth-order valence-electron chi connectivity index (χ4n) is 4.75. The maximum absolute atomic E-state index is 13.8. The van der Waals surface area contributed by atoms with E-state index in [2.05, 4.69) is 4.99 Å². The average Bonchev–Trinajstić information content (AvgIpc) is 3.56. The summed E-state index contributed by atoms with van der Waals surface area (Å²) in [6.45, 7) is 4.23. The molecule has 1 atom stereocenters. The van der Waals surface area contributed by atoms with Crippen LogP contribution in [0.5, 0.6) is 17.2 Å². The number of carbonyl (C=O) groups is 1. The number of hydrogen-bond acceptors (Lipinski definition) is 8. The Kier molecular flexibility index (Phi) is 7.38. The number of esters is 1. The lowest BCUT2D eigenvalue weighted by Gasteiger charge is -2.24. The number of benzene rings is 3. The minimum Gasteiger partial charge on any atom is -0.489 e. The van der Waals surface area contributed by atoms with Crippen LogP contribution in [0, 0.1) is 0 Å². The van der Waals surface area contributed by atoms with Gasteiger partial charge in [0, 0.05) is 5.02 Å². The summed E-state index contributed by atoms with van der Waals surface area (Å²) in [5.74, 6) is 1.36. The molecule has 208 valence electrons. The molecule has 0 fully saturated rings. The van der Waals surface area contributed by atoms with E-state index in [1.807, 2.05) is 60.7 Å². The molecule has 0 bridgehead atoms. The summed E-state index contributed by atoms with van der Waals surface area (Å²) >= 11 is 7.22. The highest BCUT2D eigenvalue weighted by Gasteiger charge is 2.34. The van der Waals surface area contributed by atoms with Crippen molar-refractivity contribution in [2.45, 2.75) is 26.5 Å². The number of thiazole rings is 1. The molecule has 0 aliphatic carbocycles. The first kappa shape index (κ1) is 26.9. The van der Waals surface area contributed by atoms with E-state index in [9.17, 15) is 9.59 Å². The highest BCUT2D eigenvalue weighted by Crippen LogP contribution is 2.38. The summed E-state index contributed by atoms with van der Waals surface area (Å²) < 4.78 is 24.3. The van der Waals surface area contributed by atoms with Gasteiger partial charge < -0.3 is 18.9 Å². The molecule has 8 nitrogen and oxygen atoms in total. The number of ether oxygens (including phenoxy) is 4. The quantitative estimate of drug-likeness (QED) is 0.289. The van der Waals surface area contributed by atoms with Crippen LogP contribution in [0.3, 0.4) is 0 Å². The zero-order valence-electron chi connectivity index (χ0n) is 22.3. The van der Waals surface area contributed by atoms with Crippen molar-refractivity contribution in [3.63, 3.8) is 0 Å². The van der Waals surface area contributed by atoms with E-state index in [1.54, 1.807) is 30.5 Å². The van der Waals surface area contributed by atoms with E-state index >= 15 is 0 Å². The zero-order chi connectivity index (χ0) is 28.5. The van der Waals surface area contributed by atoms with E-state index in [1.165, 1.54) is 11.3 Å². The predicted molar refractivity (Wildman–Crippen MR) is 155 cm³/mol. The third-order valence-electron chi connectivity index (χ3n) is 6.73. The van der Waals surface area contributed by atoms with Crippen molar-refractivity contribution in [2.24, 2.45) is 4.99 Å². The lowest BCUT2D eigenvalue weighted by molar-refractivity contribution is -0.139. The van der Waals surface area contributed by atoms with Crippen LogP contribution in [0.1, 0.15) is 36.6 Å². The number of hydrogen-bond donors (Lipinski definition) is 0. The first-order valence-electron chi connectivity index (χ1n) is 13.0. The summed E-state index contributed by atoms with van der Waals surface area (Å²) in [7, 11) is 0. The van der Waals surface area contributed by atoms with Gasteiger partial charge in [-0.05, 0) is 73.0 Å². The van der Waals surface area contributed by atoms with Crippen LogP contribution in [0.4, 0.5) is 0 Å². The van der Waals surface area contributed by atoms with Crippen LogP contribution in [-0.4, -0.2) is 23.9 Å². The third kappa shape index (κ3) is 5.38. The summed E-state index contributed by atoms with van der Waals surface area (Å²) in [5, 5.41) is 0.679. The molecule has 1 aromatic heterocycles. The smallest absolute Gasteiger partial charge is 0.338 e. The van der Waals surface area contributed by atoms with Gasteiger partial charge in [0.2, 0.25) is 6.79 Å². The van der Waals surface area contributed by atoms with Crippen molar-refractivity contribution >= 4 is 35.0 Å². The fraction of sp³-hybridized carbons (Fsp3) is 0.194. The Morgan fingerprint density at radius 3 is 2.61 bits per heavy atom. The summed E-state index contributed by atoms with van der Waals surface area (Å²) in [6, 6.07) is 19.7. The monoisotopic (exact) mass is 588 g/mol. The Morgan fingerprint density at radius 2 is 1.85 bits per heavy atom. The van der Waals surface area contributed by atoms with Gasteiger partial charge in [-0.1, -0.05) is 53.3 Å². The number of carbonyl (C=O) groups excluding carboxylic acids is 1. The maximum Gasteiger partial charge on any atom is 0.338 e. The first-order chi connectivity index (χ1) is 19.9. The second-order valence-corrected chi connectivity index (χ2v) is 10.8. The lowest BCUT2D eigenvalue weighted by Crippen LogP contribution is -2.39. The van der Waals surface area contributed by atoms with E-state index in [0.717, 1.165) is 11.1 Å². The molecular weight excluding hydrogens is 564 g/mol. The van der Waals surface area contributed by atoms with Gasteiger partial charge in [-0.15, -0.1) is 0 Å². The van der Waals surface area contributed by atoms with Gasteiger partial charge in [0.1, 0.15) is 12.4 Å². The minimum absolute atomic E-state index is 0.117. The molecule has 2 aliphatic heterocycles. The number of nitrogens with zero attached hydrogens (tertiary/aromatic N) is 2. The second kappa shape index (κ2) is 11.3. The number of halogens is 1. The number of allylic oxidation sites excluding steroid dienone is 1. The van der Waals surface area contributed by atoms with Crippen molar-refractivity contribution in [1.29, 1.82) is 0 Å². The largest absolute Gasteiger partial charge is 0.489 e. The standard InChI is InChI=1S/C31H25ClN2O6S/c1-3-37-30(36)27-18(2)33-31-34(28(27)21-8-13-24-25(15-21)40-17-39-24)29(35)26(41-31)14-19-6-11-23(12-7-19)38-16-20-4-9-22(32)10-5-20/h4-15,28H,3,16-17H2,1-2H3/b26-14-/t28-/m1/s1. The molecule has 10 heteroatoms. The molecule has 0 spiro atoms. The average molecular weight is 589 g/mol. The molecule has 4 aromatic rings. The summed E-state index contributed by atoms with van der Waals surface area (Å²) in [4.78, 5) is 32.1. The van der Waals surface area contributed by atoms with Gasteiger partial charge in [-0.25, -0.2) is 9.79 Å². The molecule has 0 unspecified atom stereocenters. The highest BCUT2D eigenvalue weighted by molar-refractivity contribution is 7.07. The topological polar surface area (TPSA) is 88.4 Å². The van der Waals surface area contributed by atoms with Crippen molar-refractivity contribution in [3.05, 3.63) is 119 Å². The molecular formula is C31H25ClN2O6S. The summed E-state index contributed by atoms with van der Waals surface area (Å²) in [6.07, 6.45) is 1.81. The number of fused-ring (bicyclic) bond motifs is 2. The van der Waals surface area contributed by atoms with Crippen LogP contribution in [0.15, 0.2) is 87.8 Å². The molecule has 0 saturated heterocycles. The Morgan fingerprint density at radius 1 is 1.10 bits per heavy atom. The molecule has 6 rings (SSSR count). The van der Waals surface area contributed by atoms with E-state index < -0.39 is 12.0 Å². The molecule has 3 aromatic carbocycles. The lowest BCUT2D eigenvalue weighted by atomic mass is 9.95. The van der Waals surface area contributed by atoms with Crippen LogP contribution < -0.4 is 29.1 Å². The molecule has 0 radical (unpaired) electrons. The van der Waals surface area contributed by atoms with Gasteiger partial charge >= 0.3 is 5.97 Å². The van der Waals surface area contributed by atoms with Crippen LogP contribution in [-0.2, 0) is 16.1 Å². The number of aromatic nitrogens is 1. The van der Waals surface area contributed by atoms with Gasteiger partial charge in [0.05, 0.1) is 28.5 Å². The van der Waals surface area contributed by atoms with Crippen LogP contribution >= 0.6 is 22.9 Å². The van der Waals surface area contributed by atoms with Gasteiger partial charge in [0.15, 0.2) is 16.3 Å². The van der Waals surface area contributed by atoms with Crippen molar-refractivity contribution < 1.29 is 23.7 Å². The van der Waals surface area contributed by atoms with Crippen molar-refractivity contribution in [3.8, 4) is 17.2 Å². The minimum atomic E-state index is -0.731. The highest BCUT2D eigenvalue weighted by atomic mass is 35.5. The van der Waals surface area contributed by atoms with Gasteiger partial charge in [0.25, 0.3) is 5.56 Å². The normalized spacial score (nSPS) is 15.9. The molecule has 2 aliphatic rings. The van der Waals surface area contributed by atoms with Crippen LogP contribution in [0.2, 0.25) is 5.02 Å². The van der Waals surface area contributed by atoms with E-state index in [-0.39, 0.29) is 19.0 Å². The molecule has 0 amide bonds. The maximum atomic E-state index is 13.8. The second-order valence-electron chi connectivity index (χ2n) is 9.40. The zero-order valence-corrected chi connectivity index (χ0v) is 23.8. The molecule has 3 heterocycles. The van der Waals surface area contributed by atoms with Crippen molar-refractivity contribution in [1.82, 2.24) is 4.57 Å². The molecule has 0 saturated carbocycles. The Labute approximate surface area is 244 Å². The predicted octanol–water partition coefficient (Wildman–Crippen LogP) is 4.76. The summed E-state index contributed by atoms with van der Waals surface area (Å²) in [5.41, 5.74) is 3.09. The Balaban J connectivity index is 1.35. The fourth-order valence-corrected chi connectivity index (χ4v) is 5.92. The third-order valence-corrected chi connectivity index (χ3v) is 7.96. The number of rotatable bonds is 7. The van der Waals surface area contributed by atoms with Crippen LogP contribution in [0.25, 0.3) is 6.08 Å². The molecule has 41 heavy (non-hydrogen) atoms. The van der Waals surface area contributed by atoms with Gasteiger partial charge in [-0.2, -0.15) is 0 Å². The SMILES string of the molecule is CCOC(=O)C1=C(C)N=c2s/c(=C\c3ccc(OCc4ccc(Cl)cc4)cc3)c(=O)n2[C@@H]1c1ccc2c(c1)OCO2. The van der Waals surface area contributed by atoms with E-state index in [0.29, 0.717) is 55.0 Å². The first-order valence-corrected chi connectivity index (χ1v) is 14.2. The van der Waals surface area contributed by atoms with Gasteiger partial charge in [-0.3, -0.25) is 9.36 Å². The van der Waals surface area contributed by atoms with Crippen molar-refractivity contribution in [2.75, 3.05) is 13.4 Å². The van der Waals surface area contributed by atoms with E-state index in [4.69, 9.17) is 30.5 Å². The Hall–Kier alpha value is -4.34. The molecule has 0 N–H and O–H groups in total.